The molecule has 0 amide bonds. The quantitative estimate of drug-likeness (QED) is 0.612. The summed E-state index contributed by atoms with van der Waals surface area (Å²) in [4.78, 5) is 4.30. The van der Waals surface area contributed by atoms with Crippen LogP contribution in [0, 0.1) is 0 Å². The number of rotatable bonds is 7. The van der Waals surface area contributed by atoms with E-state index in [2.05, 4.69) is 46.0 Å². The van der Waals surface area contributed by atoms with Crippen LogP contribution in [0.25, 0.3) is 0 Å². The third-order valence-corrected chi connectivity index (χ3v) is 4.36. The molecule has 1 aliphatic rings. The molecule has 0 aromatic heterocycles. The van der Waals surface area contributed by atoms with E-state index in [0.29, 0.717) is 6.54 Å². The molecule has 0 spiro atoms. The smallest absolute Gasteiger partial charge is 0.169 e. The number of hydrogen-bond acceptors (Lipinski definition) is 3. The molecular formula is C18H27N3OS. The summed E-state index contributed by atoms with van der Waals surface area (Å²) in [6.45, 7) is 6.90. The first-order valence-electron chi connectivity index (χ1n) is 8.11. The number of hydrogen-bond donors (Lipinski definition) is 1. The molecule has 0 bridgehead atoms. The van der Waals surface area contributed by atoms with Crippen LogP contribution in [-0.4, -0.2) is 49.9 Å². The van der Waals surface area contributed by atoms with Crippen molar-refractivity contribution in [2.24, 2.45) is 0 Å². The molecule has 1 aromatic rings. The largest absolute Gasteiger partial charge is 0.378 e. The fourth-order valence-electron chi connectivity index (χ4n) is 2.64. The van der Waals surface area contributed by atoms with E-state index >= 15 is 0 Å². The maximum Gasteiger partial charge on any atom is 0.169 e. The zero-order chi connectivity index (χ0) is 16.7. The Labute approximate surface area is 145 Å². The van der Waals surface area contributed by atoms with Gasteiger partial charge in [0.15, 0.2) is 5.11 Å². The summed E-state index contributed by atoms with van der Waals surface area (Å²) < 4.78 is 5.77. The Morgan fingerprint density at radius 3 is 2.70 bits per heavy atom. The Morgan fingerprint density at radius 2 is 2.13 bits per heavy atom. The van der Waals surface area contributed by atoms with Crippen molar-refractivity contribution in [1.29, 1.82) is 0 Å². The molecule has 2 rings (SSSR count). The lowest BCUT2D eigenvalue weighted by molar-refractivity contribution is 0.0898. The van der Waals surface area contributed by atoms with Crippen molar-refractivity contribution in [1.82, 2.24) is 10.2 Å². The second kappa shape index (κ2) is 8.89. The minimum Gasteiger partial charge on any atom is -0.378 e. The SMILES string of the molecule is C=CCNC(=S)N(Cc1ccc(N(C)C)cc1)C[C@H]1CCCO1. The summed E-state index contributed by atoms with van der Waals surface area (Å²) in [5.41, 5.74) is 2.45. The van der Waals surface area contributed by atoms with Crippen molar-refractivity contribution in [3.8, 4) is 0 Å². The van der Waals surface area contributed by atoms with Crippen LogP contribution in [-0.2, 0) is 11.3 Å². The number of benzene rings is 1. The van der Waals surface area contributed by atoms with E-state index in [-0.39, 0.29) is 6.10 Å². The minimum atomic E-state index is 0.277. The standard InChI is InChI=1S/C18H27N3OS/c1-4-11-19-18(23)21(14-17-6-5-12-22-17)13-15-7-9-16(10-8-15)20(2)3/h4,7-10,17H,1,5-6,11-14H2,2-3H3,(H,19,23)/t17-/m1/s1. The maximum absolute atomic E-state index is 5.77. The fourth-order valence-corrected chi connectivity index (χ4v) is 2.87. The predicted molar refractivity (Wildman–Crippen MR) is 101 cm³/mol. The molecular weight excluding hydrogens is 306 g/mol. The molecule has 1 aromatic carbocycles. The molecule has 1 saturated heterocycles. The second-order valence-corrected chi connectivity index (χ2v) is 6.44. The molecule has 126 valence electrons. The van der Waals surface area contributed by atoms with E-state index in [0.717, 1.165) is 37.7 Å². The molecule has 1 N–H and O–H groups in total. The molecule has 1 aliphatic heterocycles. The summed E-state index contributed by atoms with van der Waals surface area (Å²) in [5, 5.41) is 3.99. The number of nitrogens with one attached hydrogen (secondary N) is 1. The van der Waals surface area contributed by atoms with E-state index < -0.39 is 0 Å². The van der Waals surface area contributed by atoms with Gasteiger partial charge in [-0.2, -0.15) is 0 Å². The van der Waals surface area contributed by atoms with Crippen molar-refractivity contribution >= 4 is 23.0 Å². The van der Waals surface area contributed by atoms with Gasteiger partial charge >= 0.3 is 0 Å². The van der Waals surface area contributed by atoms with Crippen molar-refractivity contribution < 1.29 is 4.74 Å². The monoisotopic (exact) mass is 333 g/mol. The van der Waals surface area contributed by atoms with E-state index in [9.17, 15) is 0 Å². The van der Waals surface area contributed by atoms with Crippen LogP contribution >= 0.6 is 12.2 Å². The normalized spacial score (nSPS) is 16.9. The van der Waals surface area contributed by atoms with E-state index in [1.54, 1.807) is 0 Å². The van der Waals surface area contributed by atoms with Gasteiger partial charge < -0.3 is 19.9 Å². The molecule has 1 atom stereocenters. The fraction of sp³-hybridized carbons (Fsp3) is 0.500. The molecule has 5 heteroatoms. The summed E-state index contributed by atoms with van der Waals surface area (Å²) in [7, 11) is 4.10. The van der Waals surface area contributed by atoms with Gasteiger partial charge in [-0.1, -0.05) is 18.2 Å². The molecule has 4 nitrogen and oxygen atoms in total. The van der Waals surface area contributed by atoms with Crippen LogP contribution < -0.4 is 10.2 Å². The molecule has 23 heavy (non-hydrogen) atoms. The number of nitrogens with zero attached hydrogens (tertiary/aromatic N) is 2. The Kier molecular flexibility index (Phi) is 6.86. The lowest BCUT2D eigenvalue weighted by Gasteiger charge is -2.28. The lowest BCUT2D eigenvalue weighted by Crippen LogP contribution is -2.43. The van der Waals surface area contributed by atoms with Gasteiger partial charge in [-0.15, -0.1) is 6.58 Å². The highest BCUT2D eigenvalue weighted by Gasteiger charge is 2.21. The zero-order valence-corrected chi connectivity index (χ0v) is 14.9. The van der Waals surface area contributed by atoms with Gasteiger partial charge in [0, 0.05) is 46.0 Å². The molecule has 1 fully saturated rings. The Hall–Kier alpha value is -1.59. The summed E-state index contributed by atoms with van der Waals surface area (Å²) in [6, 6.07) is 8.60. The van der Waals surface area contributed by atoms with Gasteiger partial charge in [0.1, 0.15) is 0 Å². The van der Waals surface area contributed by atoms with Crippen molar-refractivity contribution in [3.05, 3.63) is 42.5 Å². The van der Waals surface area contributed by atoms with Gasteiger partial charge in [0.2, 0.25) is 0 Å². The first-order chi connectivity index (χ1) is 11.1. The first-order valence-corrected chi connectivity index (χ1v) is 8.52. The van der Waals surface area contributed by atoms with Crippen LogP contribution in [0.2, 0.25) is 0 Å². The van der Waals surface area contributed by atoms with Gasteiger partial charge in [-0.05, 0) is 42.8 Å². The van der Waals surface area contributed by atoms with Crippen LogP contribution in [0.4, 0.5) is 5.69 Å². The molecule has 1 heterocycles. The zero-order valence-electron chi connectivity index (χ0n) is 14.1. The predicted octanol–water partition coefficient (Wildman–Crippen LogP) is 2.79. The molecule has 0 aliphatic carbocycles. The van der Waals surface area contributed by atoms with E-state index in [1.807, 2.05) is 20.2 Å². The third-order valence-electron chi connectivity index (χ3n) is 3.96. The molecule has 0 saturated carbocycles. The summed E-state index contributed by atoms with van der Waals surface area (Å²) in [6.07, 6.45) is 4.35. The van der Waals surface area contributed by atoms with Gasteiger partial charge in [-0.25, -0.2) is 0 Å². The highest BCUT2D eigenvalue weighted by Crippen LogP contribution is 2.17. The summed E-state index contributed by atoms with van der Waals surface area (Å²) >= 11 is 5.55. The topological polar surface area (TPSA) is 27.7 Å². The number of ether oxygens (including phenoxy) is 1. The van der Waals surface area contributed by atoms with E-state index in [4.69, 9.17) is 17.0 Å². The maximum atomic E-state index is 5.77. The van der Waals surface area contributed by atoms with Crippen LogP contribution in [0.15, 0.2) is 36.9 Å². The first kappa shape index (κ1) is 17.8. The number of thiocarbonyl (C=S) groups is 1. The van der Waals surface area contributed by atoms with Gasteiger partial charge in [0.25, 0.3) is 0 Å². The Balaban J connectivity index is 2.02. The Bertz CT molecular complexity index is 510. The third kappa shape index (κ3) is 5.52. The lowest BCUT2D eigenvalue weighted by atomic mass is 10.1. The van der Waals surface area contributed by atoms with Crippen LogP contribution in [0.1, 0.15) is 18.4 Å². The van der Waals surface area contributed by atoms with Crippen LogP contribution in [0.5, 0.6) is 0 Å². The highest BCUT2D eigenvalue weighted by molar-refractivity contribution is 7.80. The van der Waals surface area contributed by atoms with E-state index in [1.165, 1.54) is 11.3 Å². The second-order valence-electron chi connectivity index (χ2n) is 6.05. The van der Waals surface area contributed by atoms with Crippen LogP contribution in [0.3, 0.4) is 0 Å². The average molecular weight is 334 g/mol. The highest BCUT2D eigenvalue weighted by atomic mass is 32.1. The molecule has 0 unspecified atom stereocenters. The summed E-state index contributed by atoms with van der Waals surface area (Å²) in [5.74, 6) is 0. The van der Waals surface area contributed by atoms with Crippen molar-refractivity contribution in [2.45, 2.75) is 25.5 Å². The minimum absolute atomic E-state index is 0.277. The Morgan fingerprint density at radius 1 is 1.39 bits per heavy atom. The average Bonchev–Trinajstić information content (AvgIpc) is 3.05. The van der Waals surface area contributed by atoms with Crippen molar-refractivity contribution in [2.75, 3.05) is 38.7 Å². The van der Waals surface area contributed by atoms with Gasteiger partial charge in [-0.3, -0.25) is 0 Å². The number of anilines is 1. The molecule has 0 radical (unpaired) electrons. The van der Waals surface area contributed by atoms with Crippen molar-refractivity contribution in [3.63, 3.8) is 0 Å². The van der Waals surface area contributed by atoms with Gasteiger partial charge in [0.05, 0.1) is 6.10 Å².